The summed E-state index contributed by atoms with van der Waals surface area (Å²) in [4.78, 5) is 0. The molecule has 0 rings (SSSR count). The van der Waals surface area contributed by atoms with Crippen molar-refractivity contribution < 1.29 is 0 Å². The molecule has 0 aromatic rings. The lowest BCUT2D eigenvalue weighted by molar-refractivity contribution is 0.888. The SMILES string of the molecule is C=CCCN=N. The predicted molar refractivity (Wildman–Crippen MR) is 24.8 cm³/mol. The van der Waals surface area contributed by atoms with Crippen LogP contribution in [0.3, 0.4) is 0 Å². The van der Waals surface area contributed by atoms with Crippen molar-refractivity contribution in [1.82, 2.24) is 0 Å². The molecular formula is C4H8N2. The first-order valence-corrected chi connectivity index (χ1v) is 1.86. The van der Waals surface area contributed by atoms with Gasteiger partial charge in [0.15, 0.2) is 0 Å². The molecule has 0 unspecified atom stereocenters. The highest BCUT2D eigenvalue weighted by atomic mass is 14.9. The Morgan fingerprint density at radius 1 is 1.83 bits per heavy atom. The van der Waals surface area contributed by atoms with Gasteiger partial charge in [0.05, 0.1) is 6.54 Å². The molecule has 1 N–H and O–H groups in total. The third-order valence-electron chi connectivity index (χ3n) is 0.445. The minimum atomic E-state index is 0.587. The largest absolute Gasteiger partial charge is 0.210 e. The van der Waals surface area contributed by atoms with Crippen LogP contribution in [0.15, 0.2) is 17.8 Å². The van der Waals surface area contributed by atoms with E-state index in [-0.39, 0.29) is 0 Å². The van der Waals surface area contributed by atoms with Crippen molar-refractivity contribution >= 4 is 0 Å². The van der Waals surface area contributed by atoms with Crippen molar-refractivity contribution in [1.29, 1.82) is 5.53 Å². The second-order valence-electron chi connectivity index (χ2n) is 0.959. The van der Waals surface area contributed by atoms with E-state index in [1.807, 2.05) is 0 Å². The van der Waals surface area contributed by atoms with Crippen LogP contribution in [0.4, 0.5) is 0 Å². The van der Waals surface area contributed by atoms with E-state index in [0.29, 0.717) is 6.54 Å². The van der Waals surface area contributed by atoms with Gasteiger partial charge in [-0.15, -0.1) is 6.58 Å². The van der Waals surface area contributed by atoms with Crippen molar-refractivity contribution in [3.63, 3.8) is 0 Å². The van der Waals surface area contributed by atoms with Gasteiger partial charge in [-0.1, -0.05) is 6.08 Å². The molecule has 0 aromatic carbocycles. The summed E-state index contributed by atoms with van der Waals surface area (Å²) in [6, 6.07) is 0. The minimum absolute atomic E-state index is 0.587. The third-order valence-corrected chi connectivity index (χ3v) is 0.445. The lowest BCUT2D eigenvalue weighted by Crippen LogP contribution is -1.68. The molecule has 0 heterocycles. The molecule has 0 saturated carbocycles. The maximum Gasteiger partial charge on any atom is 0.0630 e. The van der Waals surface area contributed by atoms with E-state index in [2.05, 4.69) is 11.7 Å². The minimum Gasteiger partial charge on any atom is -0.210 e. The van der Waals surface area contributed by atoms with Crippen LogP contribution >= 0.6 is 0 Å². The number of nitrogens with zero attached hydrogens (tertiary/aromatic N) is 1. The predicted octanol–water partition coefficient (Wildman–Crippen LogP) is 1.59. The number of rotatable bonds is 3. The molecule has 0 saturated heterocycles. The van der Waals surface area contributed by atoms with Gasteiger partial charge in [0, 0.05) is 0 Å². The van der Waals surface area contributed by atoms with Gasteiger partial charge >= 0.3 is 0 Å². The Hall–Kier alpha value is -0.660. The van der Waals surface area contributed by atoms with E-state index in [1.54, 1.807) is 6.08 Å². The van der Waals surface area contributed by atoms with Gasteiger partial charge in [-0.25, -0.2) is 5.53 Å². The molecule has 0 aliphatic heterocycles. The van der Waals surface area contributed by atoms with Gasteiger partial charge in [0.1, 0.15) is 0 Å². The lowest BCUT2D eigenvalue weighted by Gasteiger charge is -1.75. The molecule has 0 radical (unpaired) electrons. The summed E-state index contributed by atoms with van der Waals surface area (Å²) in [5.41, 5.74) is 6.28. The summed E-state index contributed by atoms with van der Waals surface area (Å²) in [5, 5.41) is 3.10. The molecule has 6 heavy (non-hydrogen) atoms. The van der Waals surface area contributed by atoms with Gasteiger partial charge in [0.25, 0.3) is 0 Å². The van der Waals surface area contributed by atoms with E-state index < -0.39 is 0 Å². The highest BCUT2D eigenvalue weighted by Crippen LogP contribution is 1.76. The van der Waals surface area contributed by atoms with Gasteiger partial charge in [0.2, 0.25) is 0 Å². The third kappa shape index (κ3) is 3.34. The van der Waals surface area contributed by atoms with Crippen LogP contribution < -0.4 is 0 Å². The van der Waals surface area contributed by atoms with E-state index in [0.717, 1.165) is 6.42 Å². The van der Waals surface area contributed by atoms with Crippen molar-refractivity contribution in [2.45, 2.75) is 6.42 Å². The molecular weight excluding hydrogens is 76.1 g/mol. The number of hydrogen-bond donors (Lipinski definition) is 1. The maximum absolute atomic E-state index is 6.28. The maximum atomic E-state index is 6.28. The molecule has 2 heteroatoms. The Labute approximate surface area is 37.4 Å². The Morgan fingerprint density at radius 3 is 2.67 bits per heavy atom. The van der Waals surface area contributed by atoms with Crippen LogP contribution in [-0.2, 0) is 0 Å². The van der Waals surface area contributed by atoms with Crippen molar-refractivity contribution in [3.05, 3.63) is 12.7 Å². The summed E-state index contributed by atoms with van der Waals surface area (Å²) in [5.74, 6) is 0. The molecule has 0 aliphatic rings. The van der Waals surface area contributed by atoms with E-state index in [9.17, 15) is 0 Å². The first-order chi connectivity index (χ1) is 2.91. The molecule has 0 amide bonds. The van der Waals surface area contributed by atoms with Crippen molar-refractivity contribution in [2.75, 3.05) is 6.54 Å². The fourth-order valence-corrected chi connectivity index (χ4v) is 0.156. The van der Waals surface area contributed by atoms with Gasteiger partial charge in [-0.3, -0.25) is 0 Å². The zero-order valence-electron chi connectivity index (χ0n) is 3.65. The van der Waals surface area contributed by atoms with Gasteiger partial charge < -0.3 is 0 Å². The number of hydrogen-bond acceptors (Lipinski definition) is 2. The molecule has 0 atom stereocenters. The second-order valence-corrected chi connectivity index (χ2v) is 0.959. The van der Waals surface area contributed by atoms with E-state index >= 15 is 0 Å². The smallest absolute Gasteiger partial charge is 0.0630 e. The van der Waals surface area contributed by atoms with Crippen molar-refractivity contribution in [2.24, 2.45) is 5.11 Å². The van der Waals surface area contributed by atoms with Crippen LogP contribution in [-0.4, -0.2) is 6.54 Å². The fraction of sp³-hybridized carbons (Fsp3) is 0.500. The Balaban J connectivity index is 2.66. The average molecular weight is 84.1 g/mol. The van der Waals surface area contributed by atoms with E-state index in [4.69, 9.17) is 5.53 Å². The fourth-order valence-electron chi connectivity index (χ4n) is 0.156. The van der Waals surface area contributed by atoms with Gasteiger partial charge in [-0.2, -0.15) is 5.11 Å². The lowest BCUT2D eigenvalue weighted by atomic mass is 10.4. The van der Waals surface area contributed by atoms with E-state index in [1.165, 1.54) is 0 Å². The second kappa shape index (κ2) is 4.34. The monoisotopic (exact) mass is 84.1 g/mol. The molecule has 0 spiro atoms. The quantitative estimate of drug-likeness (QED) is 0.306. The number of nitrogens with one attached hydrogen (secondary N) is 1. The van der Waals surface area contributed by atoms with Gasteiger partial charge in [-0.05, 0) is 6.42 Å². The summed E-state index contributed by atoms with van der Waals surface area (Å²) in [6.45, 7) is 4.04. The van der Waals surface area contributed by atoms with Crippen LogP contribution in [0.2, 0.25) is 0 Å². The molecule has 0 aromatic heterocycles. The van der Waals surface area contributed by atoms with Crippen molar-refractivity contribution in [3.8, 4) is 0 Å². The normalized spacial score (nSPS) is 7.33. The summed E-state index contributed by atoms with van der Waals surface area (Å²) < 4.78 is 0. The highest BCUT2D eigenvalue weighted by Gasteiger charge is 1.68. The molecule has 0 bridgehead atoms. The Kier molecular flexibility index (Phi) is 3.86. The zero-order valence-corrected chi connectivity index (χ0v) is 3.65. The Bertz CT molecular complexity index is 41.5. The Morgan fingerprint density at radius 2 is 2.50 bits per heavy atom. The summed E-state index contributed by atoms with van der Waals surface area (Å²) in [7, 11) is 0. The average Bonchev–Trinajstić information content (AvgIpc) is 1.61. The van der Waals surface area contributed by atoms with Crippen LogP contribution in [0.25, 0.3) is 0 Å². The highest BCUT2D eigenvalue weighted by molar-refractivity contribution is 4.65. The zero-order chi connectivity index (χ0) is 4.83. The first-order valence-electron chi connectivity index (χ1n) is 1.86. The summed E-state index contributed by atoms with van der Waals surface area (Å²) >= 11 is 0. The van der Waals surface area contributed by atoms with Crippen LogP contribution in [0.1, 0.15) is 6.42 Å². The molecule has 0 fully saturated rings. The van der Waals surface area contributed by atoms with Crippen LogP contribution in [0, 0.1) is 5.53 Å². The molecule has 2 nitrogen and oxygen atoms in total. The first kappa shape index (κ1) is 5.34. The summed E-state index contributed by atoms with van der Waals surface area (Å²) in [6.07, 6.45) is 2.57. The molecule has 0 aliphatic carbocycles. The standard InChI is InChI=1S/C4H8N2/c1-2-3-4-6-5/h2,5H,1,3-4H2. The van der Waals surface area contributed by atoms with Crippen LogP contribution in [0.5, 0.6) is 0 Å². The topological polar surface area (TPSA) is 36.2 Å². The molecule has 34 valence electrons.